The van der Waals surface area contributed by atoms with Crippen LogP contribution < -0.4 is 5.32 Å². The average Bonchev–Trinajstić information content (AvgIpc) is 3.38. The van der Waals surface area contributed by atoms with Crippen molar-refractivity contribution in [3.63, 3.8) is 0 Å². The summed E-state index contributed by atoms with van der Waals surface area (Å²) in [6.45, 7) is 0.760. The first-order chi connectivity index (χ1) is 14.2. The number of ether oxygens (including phenoxy) is 1. The van der Waals surface area contributed by atoms with Gasteiger partial charge in [-0.2, -0.15) is 5.10 Å². The van der Waals surface area contributed by atoms with Gasteiger partial charge in [-0.05, 0) is 43.0 Å². The van der Waals surface area contributed by atoms with Crippen LogP contribution in [0.4, 0.5) is 10.1 Å². The Hall–Kier alpha value is -3.19. The monoisotopic (exact) mass is 391 g/mol. The van der Waals surface area contributed by atoms with Crippen molar-refractivity contribution in [1.82, 2.24) is 19.7 Å². The van der Waals surface area contributed by atoms with Crippen molar-refractivity contribution in [3.05, 3.63) is 54.5 Å². The molecule has 1 fully saturated rings. The zero-order valence-corrected chi connectivity index (χ0v) is 16.2. The van der Waals surface area contributed by atoms with Gasteiger partial charge in [0.05, 0.1) is 22.9 Å². The Bertz CT molecular complexity index is 1160. The Morgan fingerprint density at radius 1 is 1.21 bits per heavy atom. The van der Waals surface area contributed by atoms with Crippen LogP contribution in [-0.4, -0.2) is 33.4 Å². The first-order valence-electron chi connectivity index (χ1n) is 9.86. The van der Waals surface area contributed by atoms with E-state index in [1.165, 1.54) is 12.1 Å². The molecule has 1 unspecified atom stereocenters. The van der Waals surface area contributed by atoms with Gasteiger partial charge in [0, 0.05) is 19.2 Å². The summed E-state index contributed by atoms with van der Waals surface area (Å²) in [4.78, 5) is 8.19. The van der Waals surface area contributed by atoms with Gasteiger partial charge in [0.1, 0.15) is 12.0 Å². The smallest absolute Gasteiger partial charge is 0.161 e. The largest absolute Gasteiger partial charge is 0.385 e. The highest BCUT2D eigenvalue weighted by molar-refractivity contribution is 5.94. The van der Waals surface area contributed by atoms with E-state index in [0.29, 0.717) is 5.82 Å². The Labute approximate surface area is 167 Å². The second-order valence-corrected chi connectivity index (χ2v) is 7.24. The number of para-hydroxylation sites is 1. The molecule has 2 aromatic heterocycles. The maximum atomic E-state index is 13.7. The van der Waals surface area contributed by atoms with E-state index in [2.05, 4.69) is 10.3 Å². The Morgan fingerprint density at radius 3 is 2.90 bits per heavy atom. The summed E-state index contributed by atoms with van der Waals surface area (Å²) in [5, 5.41) is 7.97. The van der Waals surface area contributed by atoms with Gasteiger partial charge in [-0.25, -0.2) is 14.1 Å². The fourth-order valence-electron chi connectivity index (χ4n) is 3.86. The number of aromatic nitrogens is 4. The highest BCUT2D eigenvalue weighted by atomic mass is 19.1. The van der Waals surface area contributed by atoms with E-state index in [-0.39, 0.29) is 12.0 Å². The first kappa shape index (κ1) is 17.9. The van der Waals surface area contributed by atoms with E-state index < -0.39 is 0 Å². The number of aromatic amines is 1. The Balaban J connectivity index is 1.59. The molecular formula is C22H22FN5O. The maximum Gasteiger partial charge on any atom is 0.161 e. The minimum Gasteiger partial charge on any atom is -0.385 e. The summed E-state index contributed by atoms with van der Waals surface area (Å²) in [5.41, 5.74) is 4.97. The lowest BCUT2D eigenvalue weighted by molar-refractivity contribution is -0.0393. The fourth-order valence-corrected chi connectivity index (χ4v) is 3.86. The van der Waals surface area contributed by atoms with Crippen molar-refractivity contribution in [2.45, 2.75) is 25.5 Å². The van der Waals surface area contributed by atoms with Gasteiger partial charge < -0.3 is 15.0 Å². The number of halogens is 1. The van der Waals surface area contributed by atoms with Crippen LogP contribution in [0.15, 0.2) is 48.7 Å². The molecular weight excluding hydrogens is 369 g/mol. The van der Waals surface area contributed by atoms with E-state index in [9.17, 15) is 4.39 Å². The molecule has 1 aliphatic heterocycles. The van der Waals surface area contributed by atoms with Crippen LogP contribution >= 0.6 is 0 Å². The zero-order valence-electron chi connectivity index (χ0n) is 16.2. The molecule has 0 spiro atoms. The van der Waals surface area contributed by atoms with Crippen LogP contribution in [0.3, 0.4) is 0 Å². The second-order valence-electron chi connectivity index (χ2n) is 7.24. The average molecular weight is 391 g/mol. The number of nitrogens with zero attached hydrogens (tertiary/aromatic N) is 3. The molecule has 148 valence electrons. The minimum atomic E-state index is -0.265. The number of nitrogens with one attached hydrogen (secondary N) is 2. The highest BCUT2D eigenvalue weighted by Gasteiger charge is 2.21. The van der Waals surface area contributed by atoms with Crippen molar-refractivity contribution in [1.29, 1.82) is 0 Å². The maximum absolute atomic E-state index is 13.7. The van der Waals surface area contributed by atoms with Crippen LogP contribution in [0.5, 0.6) is 0 Å². The van der Waals surface area contributed by atoms with Crippen LogP contribution in [-0.2, 0) is 4.74 Å². The summed E-state index contributed by atoms with van der Waals surface area (Å²) in [6.07, 6.45) is 5.10. The third kappa shape index (κ3) is 3.27. The molecule has 1 saturated heterocycles. The second kappa shape index (κ2) is 7.33. The molecule has 3 heterocycles. The molecule has 2 N–H and O–H groups in total. The molecule has 1 aliphatic rings. The Kier molecular flexibility index (Phi) is 4.52. The topological polar surface area (TPSA) is 67.8 Å². The third-order valence-electron chi connectivity index (χ3n) is 5.32. The number of anilines is 1. The van der Waals surface area contributed by atoms with Crippen molar-refractivity contribution < 1.29 is 9.13 Å². The predicted molar refractivity (Wildman–Crippen MR) is 111 cm³/mol. The van der Waals surface area contributed by atoms with Crippen molar-refractivity contribution in [2.24, 2.45) is 0 Å². The minimum absolute atomic E-state index is 0.0446. The van der Waals surface area contributed by atoms with Crippen LogP contribution in [0.2, 0.25) is 0 Å². The van der Waals surface area contributed by atoms with Gasteiger partial charge in [0.15, 0.2) is 11.5 Å². The highest BCUT2D eigenvalue weighted by Crippen LogP contribution is 2.33. The molecule has 5 rings (SSSR count). The SMILES string of the molecule is CNc1cn(C2CCCCO2)nc1-c1nc2c(-c3cccc(F)c3)cccc2[nH]1. The number of benzene rings is 2. The number of fused-ring (bicyclic) bond motifs is 1. The third-order valence-corrected chi connectivity index (χ3v) is 5.32. The molecule has 0 aliphatic carbocycles. The summed E-state index contributed by atoms with van der Waals surface area (Å²) < 4.78 is 21.5. The fraction of sp³-hybridized carbons (Fsp3) is 0.273. The number of H-pyrrole nitrogens is 1. The summed E-state index contributed by atoms with van der Waals surface area (Å²) >= 11 is 0. The van der Waals surface area contributed by atoms with Gasteiger partial charge in [-0.15, -0.1) is 0 Å². The van der Waals surface area contributed by atoms with Crippen LogP contribution in [0, 0.1) is 5.82 Å². The van der Waals surface area contributed by atoms with Crippen LogP contribution in [0.1, 0.15) is 25.5 Å². The lowest BCUT2D eigenvalue weighted by atomic mass is 10.0. The quantitative estimate of drug-likeness (QED) is 0.515. The molecule has 4 aromatic rings. The van der Waals surface area contributed by atoms with Gasteiger partial charge in [-0.3, -0.25) is 0 Å². The van der Waals surface area contributed by atoms with Gasteiger partial charge in [-0.1, -0.05) is 24.3 Å². The van der Waals surface area contributed by atoms with Crippen molar-refractivity contribution in [3.8, 4) is 22.6 Å². The summed E-state index contributed by atoms with van der Waals surface area (Å²) in [6, 6.07) is 12.4. The van der Waals surface area contributed by atoms with E-state index in [0.717, 1.165) is 59.4 Å². The van der Waals surface area contributed by atoms with E-state index >= 15 is 0 Å². The predicted octanol–water partition coefficient (Wildman–Crippen LogP) is 4.97. The summed E-state index contributed by atoms with van der Waals surface area (Å²) in [7, 11) is 1.87. The normalized spacial score (nSPS) is 17.0. The Morgan fingerprint density at radius 2 is 2.10 bits per heavy atom. The molecule has 2 aromatic carbocycles. The molecule has 1 atom stereocenters. The first-order valence-corrected chi connectivity index (χ1v) is 9.86. The van der Waals surface area contributed by atoms with Crippen molar-refractivity contribution in [2.75, 3.05) is 19.0 Å². The van der Waals surface area contributed by atoms with E-state index in [1.54, 1.807) is 6.07 Å². The van der Waals surface area contributed by atoms with Crippen LogP contribution in [0.25, 0.3) is 33.7 Å². The summed E-state index contributed by atoms with van der Waals surface area (Å²) in [5.74, 6) is 0.404. The van der Waals surface area contributed by atoms with Gasteiger partial charge >= 0.3 is 0 Å². The van der Waals surface area contributed by atoms with E-state index in [1.807, 2.05) is 42.2 Å². The van der Waals surface area contributed by atoms with E-state index in [4.69, 9.17) is 14.8 Å². The lowest BCUT2D eigenvalue weighted by Crippen LogP contribution is -2.18. The standard InChI is InChI=1S/C22H22FN5O/c1-24-18-13-28(19-10-2-3-11-29-19)27-21(18)22-25-17-9-5-8-16(20(17)26-22)14-6-4-7-15(23)12-14/h4-9,12-13,19,24H,2-3,10-11H2,1H3,(H,25,26). The van der Waals surface area contributed by atoms with Gasteiger partial charge in [0.2, 0.25) is 0 Å². The molecule has 7 heteroatoms. The molecule has 6 nitrogen and oxygen atoms in total. The number of imidazole rings is 1. The molecule has 0 saturated carbocycles. The number of hydrogen-bond acceptors (Lipinski definition) is 4. The molecule has 0 bridgehead atoms. The number of hydrogen-bond donors (Lipinski definition) is 2. The molecule has 0 amide bonds. The number of rotatable bonds is 4. The zero-order chi connectivity index (χ0) is 19.8. The molecule has 29 heavy (non-hydrogen) atoms. The lowest BCUT2D eigenvalue weighted by Gasteiger charge is -2.22. The molecule has 0 radical (unpaired) electrons. The van der Waals surface area contributed by atoms with Gasteiger partial charge in [0.25, 0.3) is 0 Å². The van der Waals surface area contributed by atoms with Crippen molar-refractivity contribution >= 4 is 16.7 Å².